The van der Waals surface area contributed by atoms with E-state index in [1.165, 1.54) is 122 Å². The summed E-state index contributed by atoms with van der Waals surface area (Å²) in [7, 11) is -4.37. The summed E-state index contributed by atoms with van der Waals surface area (Å²) < 4.78 is 32.7. The Morgan fingerprint density at radius 1 is 0.580 bits per heavy atom. The molecule has 50 heavy (non-hydrogen) atoms. The second-order valence-corrected chi connectivity index (χ2v) is 15.3. The van der Waals surface area contributed by atoms with Crippen molar-refractivity contribution in [1.29, 1.82) is 0 Å². The van der Waals surface area contributed by atoms with Gasteiger partial charge in [-0.25, -0.2) is 4.57 Å². The summed E-state index contributed by atoms with van der Waals surface area (Å²) in [5.74, 6) is -0.825. The average molecular weight is 732 g/mol. The molecule has 0 aliphatic carbocycles. The van der Waals surface area contributed by atoms with E-state index in [1.807, 2.05) is 0 Å². The summed E-state index contributed by atoms with van der Waals surface area (Å²) in [5.41, 5.74) is 5.34. The third-order valence-corrected chi connectivity index (χ3v) is 9.89. The van der Waals surface area contributed by atoms with Crippen LogP contribution in [0.4, 0.5) is 0 Å². The lowest BCUT2D eigenvalue weighted by atomic mass is 10.0. The van der Waals surface area contributed by atoms with Gasteiger partial charge in [0.1, 0.15) is 6.61 Å². The van der Waals surface area contributed by atoms with E-state index in [4.69, 9.17) is 24.3 Å². The standard InChI is InChI=1S/C40H78NO8P/c1-3-5-7-9-11-13-15-17-19-21-23-25-27-29-31-33-40(43)49-38(37-48-50(44,45)47-35-34-41)36-46-39(42)32-30-28-26-24-22-20-18-16-14-12-10-8-6-4-2/h13,15,38H,3-12,14,16-37,41H2,1-2H3,(H,44,45)/b15-13+/t38-/m1/s1. The van der Waals surface area contributed by atoms with Gasteiger partial charge < -0.3 is 20.1 Å². The van der Waals surface area contributed by atoms with Crippen molar-refractivity contribution in [3.63, 3.8) is 0 Å². The minimum absolute atomic E-state index is 0.0553. The molecular formula is C40H78NO8P. The van der Waals surface area contributed by atoms with Crippen LogP contribution in [0.1, 0.15) is 200 Å². The van der Waals surface area contributed by atoms with Gasteiger partial charge >= 0.3 is 19.8 Å². The molecule has 0 aromatic heterocycles. The number of unbranched alkanes of at least 4 members (excludes halogenated alkanes) is 24. The van der Waals surface area contributed by atoms with E-state index in [0.29, 0.717) is 6.42 Å². The van der Waals surface area contributed by atoms with Crippen molar-refractivity contribution in [3.05, 3.63) is 12.2 Å². The second kappa shape index (κ2) is 37.5. The number of ether oxygens (including phenoxy) is 2. The topological polar surface area (TPSA) is 134 Å². The largest absolute Gasteiger partial charge is 0.472 e. The fourth-order valence-corrected chi connectivity index (χ4v) is 6.57. The molecule has 0 aliphatic heterocycles. The van der Waals surface area contributed by atoms with Crippen LogP contribution in [0.5, 0.6) is 0 Å². The highest BCUT2D eigenvalue weighted by atomic mass is 31.2. The Labute approximate surface area is 307 Å². The monoisotopic (exact) mass is 732 g/mol. The van der Waals surface area contributed by atoms with E-state index >= 15 is 0 Å². The van der Waals surface area contributed by atoms with Gasteiger partial charge in [0, 0.05) is 19.4 Å². The van der Waals surface area contributed by atoms with E-state index in [2.05, 4.69) is 26.0 Å². The van der Waals surface area contributed by atoms with Gasteiger partial charge in [0.2, 0.25) is 0 Å². The van der Waals surface area contributed by atoms with Crippen LogP contribution in [-0.4, -0.2) is 49.3 Å². The van der Waals surface area contributed by atoms with Crippen molar-refractivity contribution >= 4 is 19.8 Å². The number of nitrogens with two attached hydrogens (primary N) is 1. The highest BCUT2D eigenvalue weighted by molar-refractivity contribution is 7.47. The maximum Gasteiger partial charge on any atom is 0.472 e. The van der Waals surface area contributed by atoms with Crippen molar-refractivity contribution in [1.82, 2.24) is 0 Å². The van der Waals surface area contributed by atoms with E-state index in [1.54, 1.807) is 0 Å². The summed E-state index contributed by atoms with van der Waals surface area (Å²) in [6, 6.07) is 0. The van der Waals surface area contributed by atoms with Crippen LogP contribution in [0.25, 0.3) is 0 Å². The molecule has 2 atom stereocenters. The Morgan fingerprint density at radius 3 is 1.44 bits per heavy atom. The molecule has 3 N–H and O–H groups in total. The molecule has 0 bridgehead atoms. The Kier molecular flexibility index (Phi) is 36.6. The van der Waals surface area contributed by atoms with E-state index in [9.17, 15) is 19.0 Å². The summed E-state index contributed by atoms with van der Waals surface area (Å²) in [6.45, 7) is 3.73. The first-order valence-electron chi connectivity index (χ1n) is 20.7. The van der Waals surface area contributed by atoms with Crippen LogP contribution < -0.4 is 5.73 Å². The lowest BCUT2D eigenvalue weighted by Crippen LogP contribution is -2.29. The number of hydrogen-bond donors (Lipinski definition) is 2. The molecule has 0 heterocycles. The first kappa shape index (κ1) is 48.8. The van der Waals surface area contributed by atoms with Crippen LogP contribution in [-0.2, 0) is 32.7 Å². The van der Waals surface area contributed by atoms with Gasteiger partial charge in [-0.05, 0) is 38.5 Å². The number of allylic oxidation sites excluding steroid dienone is 2. The number of hydrogen-bond acceptors (Lipinski definition) is 8. The molecule has 0 aromatic rings. The smallest absolute Gasteiger partial charge is 0.462 e. The predicted octanol–water partition coefficient (Wildman–Crippen LogP) is 11.4. The first-order chi connectivity index (χ1) is 24.3. The zero-order valence-electron chi connectivity index (χ0n) is 32.4. The van der Waals surface area contributed by atoms with Gasteiger partial charge in [-0.2, -0.15) is 0 Å². The summed E-state index contributed by atoms with van der Waals surface area (Å²) >= 11 is 0. The molecule has 0 fully saturated rings. The fourth-order valence-electron chi connectivity index (χ4n) is 5.81. The summed E-state index contributed by atoms with van der Waals surface area (Å²) in [6.07, 6.45) is 36.6. The highest BCUT2D eigenvalue weighted by Gasteiger charge is 2.26. The number of phosphoric ester groups is 1. The van der Waals surface area contributed by atoms with Crippen molar-refractivity contribution in [3.8, 4) is 0 Å². The molecule has 0 rings (SSSR count). The lowest BCUT2D eigenvalue weighted by molar-refractivity contribution is -0.161. The van der Waals surface area contributed by atoms with Gasteiger partial charge in [0.25, 0.3) is 0 Å². The fraction of sp³-hybridized carbons (Fsp3) is 0.900. The predicted molar refractivity (Wildman–Crippen MR) is 206 cm³/mol. The van der Waals surface area contributed by atoms with Crippen LogP contribution in [0.3, 0.4) is 0 Å². The number of rotatable bonds is 39. The number of esters is 2. The molecule has 10 heteroatoms. The SMILES string of the molecule is CCCCCC/C=C/CCCCCCCCCC(=O)O[C@H](COC(=O)CCCCCCCCCCCCCCCC)COP(=O)(O)OCCN. The zero-order chi connectivity index (χ0) is 36.8. The molecule has 1 unspecified atom stereocenters. The molecule has 296 valence electrons. The van der Waals surface area contributed by atoms with Gasteiger partial charge in [0.15, 0.2) is 6.10 Å². The Bertz CT molecular complexity index is 840. The molecule has 0 radical (unpaired) electrons. The maximum absolute atomic E-state index is 12.5. The number of carbonyl (C=O) groups is 2. The number of carbonyl (C=O) groups excluding carboxylic acids is 2. The van der Waals surface area contributed by atoms with Gasteiger partial charge in [-0.15, -0.1) is 0 Å². The minimum Gasteiger partial charge on any atom is -0.462 e. The molecule has 0 aromatic carbocycles. The molecule has 0 aliphatic rings. The van der Waals surface area contributed by atoms with Crippen molar-refractivity contribution < 1.29 is 37.6 Å². The minimum atomic E-state index is -4.37. The van der Waals surface area contributed by atoms with Gasteiger partial charge in [-0.3, -0.25) is 18.6 Å². The van der Waals surface area contributed by atoms with Crippen molar-refractivity contribution in [2.45, 2.75) is 206 Å². The van der Waals surface area contributed by atoms with Crippen LogP contribution >= 0.6 is 7.82 Å². The van der Waals surface area contributed by atoms with E-state index < -0.39 is 26.5 Å². The molecule has 0 spiro atoms. The quantitative estimate of drug-likeness (QED) is 0.0274. The molecule has 9 nitrogen and oxygen atoms in total. The van der Waals surface area contributed by atoms with Gasteiger partial charge in [0.05, 0.1) is 13.2 Å². The molecular weight excluding hydrogens is 653 g/mol. The normalized spacial score (nSPS) is 13.4. The Morgan fingerprint density at radius 2 is 0.980 bits per heavy atom. The average Bonchev–Trinajstić information content (AvgIpc) is 3.10. The van der Waals surface area contributed by atoms with Crippen LogP contribution in [0, 0.1) is 0 Å². The second-order valence-electron chi connectivity index (χ2n) is 13.9. The van der Waals surface area contributed by atoms with Crippen molar-refractivity contribution in [2.75, 3.05) is 26.4 Å². The van der Waals surface area contributed by atoms with E-state index in [-0.39, 0.29) is 38.6 Å². The summed E-state index contributed by atoms with van der Waals surface area (Å²) in [4.78, 5) is 34.8. The van der Waals surface area contributed by atoms with Gasteiger partial charge in [-0.1, -0.05) is 161 Å². The number of phosphoric acid groups is 1. The third-order valence-electron chi connectivity index (χ3n) is 8.90. The maximum atomic E-state index is 12.5. The van der Waals surface area contributed by atoms with Crippen LogP contribution in [0.2, 0.25) is 0 Å². The lowest BCUT2D eigenvalue weighted by Gasteiger charge is -2.19. The van der Waals surface area contributed by atoms with E-state index in [0.717, 1.165) is 44.9 Å². The molecule has 0 amide bonds. The molecule has 0 saturated carbocycles. The third kappa shape index (κ3) is 36.5. The first-order valence-corrected chi connectivity index (χ1v) is 22.2. The van der Waals surface area contributed by atoms with Crippen LogP contribution in [0.15, 0.2) is 12.2 Å². The Hall–Kier alpha value is -1.25. The molecule has 0 saturated heterocycles. The Balaban J connectivity index is 4.16. The summed E-state index contributed by atoms with van der Waals surface area (Å²) in [5, 5.41) is 0. The van der Waals surface area contributed by atoms with Crippen molar-refractivity contribution in [2.24, 2.45) is 5.73 Å². The zero-order valence-corrected chi connectivity index (χ0v) is 33.3. The highest BCUT2D eigenvalue weighted by Crippen LogP contribution is 2.43.